The molecule has 0 spiro atoms. The Morgan fingerprint density at radius 2 is 1.95 bits per heavy atom. The maximum atomic E-state index is 11.1. The number of nitrogens with zero attached hydrogens (tertiary/aromatic N) is 2. The molecule has 0 atom stereocenters. The Kier molecular flexibility index (Phi) is 4.46. The highest BCUT2D eigenvalue weighted by atomic mass is 16.4. The Balaban J connectivity index is 2.66. The number of aliphatic carboxylic acids is 1. The van der Waals surface area contributed by atoms with Crippen LogP contribution in [0, 0.1) is 13.8 Å². The van der Waals surface area contributed by atoms with Crippen LogP contribution in [0.15, 0.2) is 18.2 Å². The van der Waals surface area contributed by atoms with Gasteiger partial charge in [-0.05, 0) is 43.9 Å². The van der Waals surface area contributed by atoms with Crippen LogP contribution in [0.5, 0.6) is 0 Å². The second-order valence-corrected chi connectivity index (χ2v) is 5.35. The lowest BCUT2D eigenvalue weighted by Crippen LogP contribution is -2.07. The van der Waals surface area contributed by atoms with Gasteiger partial charge in [-0.15, -0.1) is 0 Å². The number of benzene rings is 1. The Morgan fingerprint density at radius 1 is 1.24 bits per heavy atom. The van der Waals surface area contributed by atoms with Crippen LogP contribution in [0.4, 0.5) is 0 Å². The third kappa shape index (κ3) is 2.99. The first kappa shape index (κ1) is 15.3. The molecule has 0 saturated heterocycles. The summed E-state index contributed by atoms with van der Waals surface area (Å²) in [5.41, 5.74) is 6.11. The molecule has 0 radical (unpaired) electrons. The summed E-state index contributed by atoms with van der Waals surface area (Å²) in [5.74, 6) is -0.806. The van der Waals surface area contributed by atoms with Gasteiger partial charge in [-0.3, -0.25) is 4.79 Å². The van der Waals surface area contributed by atoms with Gasteiger partial charge in [0.1, 0.15) is 0 Å². The molecule has 0 aliphatic rings. The van der Waals surface area contributed by atoms with Crippen LogP contribution in [0.3, 0.4) is 0 Å². The summed E-state index contributed by atoms with van der Waals surface area (Å²) in [5, 5.41) is 13.8. The normalized spacial score (nSPS) is 10.9. The van der Waals surface area contributed by atoms with Crippen molar-refractivity contribution >= 4 is 5.97 Å². The molecule has 112 valence electrons. The summed E-state index contributed by atoms with van der Waals surface area (Å²) in [6.45, 7) is 8.17. The summed E-state index contributed by atoms with van der Waals surface area (Å²) in [6.07, 6.45) is 1.55. The van der Waals surface area contributed by atoms with Crippen LogP contribution < -0.4 is 0 Å². The van der Waals surface area contributed by atoms with Gasteiger partial charge in [0.05, 0.1) is 17.8 Å². The lowest BCUT2D eigenvalue weighted by atomic mass is 10.1. The van der Waals surface area contributed by atoms with E-state index in [-0.39, 0.29) is 6.42 Å². The van der Waals surface area contributed by atoms with Crippen molar-refractivity contribution in [1.29, 1.82) is 0 Å². The largest absolute Gasteiger partial charge is 0.481 e. The Bertz CT molecular complexity index is 672. The van der Waals surface area contributed by atoms with Crippen LogP contribution in [-0.2, 0) is 24.1 Å². The van der Waals surface area contributed by atoms with Gasteiger partial charge in [-0.2, -0.15) is 5.10 Å². The number of aromatic nitrogens is 2. The summed E-state index contributed by atoms with van der Waals surface area (Å²) < 4.78 is 1.93. The smallest absolute Gasteiger partial charge is 0.307 e. The number of rotatable bonds is 5. The number of carbonyl (C=O) groups is 1. The van der Waals surface area contributed by atoms with Crippen LogP contribution in [-0.4, -0.2) is 20.9 Å². The number of carboxylic acid groups (broad SMARTS) is 1. The molecular weight excluding hydrogens is 264 g/mol. The van der Waals surface area contributed by atoms with Gasteiger partial charge in [0.2, 0.25) is 0 Å². The van der Waals surface area contributed by atoms with Crippen molar-refractivity contribution < 1.29 is 9.90 Å². The zero-order valence-corrected chi connectivity index (χ0v) is 13.1. The molecule has 1 heterocycles. The molecule has 1 N–H and O–H groups in total. The van der Waals surface area contributed by atoms with E-state index in [1.54, 1.807) is 0 Å². The van der Waals surface area contributed by atoms with E-state index in [1.807, 2.05) is 18.5 Å². The van der Waals surface area contributed by atoms with E-state index >= 15 is 0 Å². The molecule has 1 aromatic carbocycles. The number of hydrogen-bond donors (Lipinski definition) is 1. The molecule has 2 aromatic rings. The molecule has 21 heavy (non-hydrogen) atoms. The first-order chi connectivity index (χ1) is 9.97. The van der Waals surface area contributed by atoms with E-state index in [0.717, 1.165) is 41.0 Å². The highest BCUT2D eigenvalue weighted by Gasteiger charge is 2.19. The highest BCUT2D eigenvalue weighted by Crippen LogP contribution is 2.23. The molecule has 0 saturated carbocycles. The van der Waals surface area contributed by atoms with Gasteiger partial charge >= 0.3 is 5.97 Å². The highest BCUT2D eigenvalue weighted by molar-refractivity contribution is 5.71. The number of aryl methyl sites for hydroxylation is 3. The fraction of sp³-hybridized carbons (Fsp3) is 0.412. The van der Waals surface area contributed by atoms with E-state index in [0.29, 0.717) is 0 Å². The van der Waals surface area contributed by atoms with E-state index in [9.17, 15) is 4.79 Å². The summed E-state index contributed by atoms with van der Waals surface area (Å²) in [6, 6.07) is 6.26. The summed E-state index contributed by atoms with van der Waals surface area (Å²) in [7, 11) is 0. The molecule has 4 heteroatoms. The lowest BCUT2D eigenvalue weighted by molar-refractivity contribution is -0.136. The first-order valence-electron chi connectivity index (χ1n) is 7.37. The third-order valence-electron chi connectivity index (χ3n) is 3.76. The van der Waals surface area contributed by atoms with Crippen LogP contribution >= 0.6 is 0 Å². The second kappa shape index (κ2) is 6.12. The Morgan fingerprint density at radius 3 is 2.52 bits per heavy atom. The molecule has 0 unspecified atom stereocenters. The van der Waals surface area contributed by atoms with Gasteiger partial charge < -0.3 is 5.11 Å². The topological polar surface area (TPSA) is 55.1 Å². The van der Waals surface area contributed by atoms with E-state index in [2.05, 4.69) is 37.1 Å². The van der Waals surface area contributed by atoms with Crippen molar-refractivity contribution in [2.75, 3.05) is 0 Å². The maximum Gasteiger partial charge on any atom is 0.307 e. The minimum atomic E-state index is -0.806. The van der Waals surface area contributed by atoms with Gasteiger partial charge in [0.25, 0.3) is 0 Å². The molecule has 0 aliphatic heterocycles. The molecule has 0 bridgehead atoms. The zero-order chi connectivity index (χ0) is 15.6. The van der Waals surface area contributed by atoms with Gasteiger partial charge in [0.15, 0.2) is 0 Å². The van der Waals surface area contributed by atoms with Crippen molar-refractivity contribution in [1.82, 2.24) is 9.78 Å². The Labute approximate surface area is 125 Å². The molecule has 0 aliphatic carbocycles. The second-order valence-electron chi connectivity index (χ2n) is 5.35. The summed E-state index contributed by atoms with van der Waals surface area (Å²) in [4.78, 5) is 11.1. The maximum absolute atomic E-state index is 11.1. The zero-order valence-electron chi connectivity index (χ0n) is 13.1. The monoisotopic (exact) mass is 286 g/mol. The van der Waals surface area contributed by atoms with Crippen molar-refractivity contribution in [3.8, 4) is 5.69 Å². The fourth-order valence-electron chi connectivity index (χ4n) is 2.69. The fourth-order valence-corrected chi connectivity index (χ4v) is 2.69. The molecular formula is C17H22N2O2. The number of carboxylic acids is 1. The van der Waals surface area contributed by atoms with Crippen molar-refractivity contribution in [3.63, 3.8) is 0 Å². The first-order valence-corrected chi connectivity index (χ1v) is 7.37. The average Bonchev–Trinajstić information content (AvgIpc) is 2.78. The third-order valence-corrected chi connectivity index (χ3v) is 3.76. The van der Waals surface area contributed by atoms with Gasteiger partial charge in [-0.25, -0.2) is 4.68 Å². The van der Waals surface area contributed by atoms with E-state index < -0.39 is 5.97 Å². The SMILES string of the molecule is CCc1nn(-c2cc(C)ccc2C)c(CC)c1CC(=O)O. The van der Waals surface area contributed by atoms with Crippen molar-refractivity contribution in [3.05, 3.63) is 46.3 Å². The predicted octanol–water partition coefficient (Wildman–Crippen LogP) is 3.24. The van der Waals surface area contributed by atoms with Crippen LogP contribution in [0.2, 0.25) is 0 Å². The number of hydrogen-bond acceptors (Lipinski definition) is 2. The average molecular weight is 286 g/mol. The molecule has 2 rings (SSSR count). The van der Waals surface area contributed by atoms with E-state index in [1.165, 1.54) is 5.56 Å². The predicted molar refractivity (Wildman–Crippen MR) is 83.1 cm³/mol. The molecule has 0 amide bonds. The van der Waals surface area contributed by atoms with E-state index in [4.69, 9.17) is 5.11 Å². The van der Waals surface area contributed by atoms with Crippen LogP contribution in [0.1, 0.15) is 41.9 Å². The lowest BCUT2D eigenvalue weighted by Gasteiger charge is -2.11. The van der Waals surface area contributed by atoms with Gasteiger partial charge in [-0.1, -0.05) is 26.0 Å². The molecule has 1 aromatic heterocycles. The molecule has 0 fully saturated rings. The Hall–Kier alpha value is -2.10. The van der Waals surface area contributed by atoms with Crippen molar-refractivity contribution in [2.45, 2.75) is 47.0 Å². The quantitative estimate of drug-likeness (QED) is 0.918. The summed E-state index contributed by atoms with van der Waals surface area (Å²) >= 11 is 0. The van der Waals surface area contributed by atoms with Crippen molar-refractivity contribution in [2.24, 2.45) is 0 Å². The standard InChI is InChI=1S/C17H22N2O2/c1-5-14-13(10-17(20)21)15(6-2)19(18-14)16-9-11(3)7-8-12(16)4/h7-9H,5-6,10H2,1-4H3,(H,20,21). The molecule has 4 nitrogen and oxygen atoms in total. The minimum absolute atomic E-state index is 0.0389. The van der Waals surface area contributed by atoms with Crippen LogP contribution in [0.25, 0.3) is 5.69 Å². The van der Waals surface area contributed by atoms with Gasteiger partial charge in [0, 0.05) is 11.3 Å². The minimum Gasteiger partial charge on any atom is -0.481 e.